The van der Waals surface area contributed by atoms with E-state index in [1.165, 1.54) is 0 Å². The van der Waals surface area contributed by atoms with Crippen LogP contribution in [0.4, 0.5) is 4.48 Å². The SMILES string of the molecule is O=c1ccn(C2O[C@H](CO)[C@@H](O)[C@@H]2O)c(=O)n1F. The first kappa shape index (κ1) is 12.9. The summed E-state index contributed by atoms with van der Waals surface area (Å²) in [6.07, 6.45) is -4.44. The summed E-state index contributed by atoms with van der Waals surface area (Å²) in [4.78, 5) is 21.7. The first-order valence-electron chi connectivity index (χ1n) is 5.10. The molecule has 3 N–H and O–H groups in total. The minimum atomic E-state index is -1.52. The monoisotopic (exact) mass is 262 g/mol. The average Bonchev–Trinajstić information content (AvgIpc) is 2.64. The Morgan fingerprint density at radius 1 is 1.33 bits per heavy atom. The summed E-state index contributed by atoms with van der Waals surface area (Å²) in [7, 11) is 0. The molecule has 1 aromatic rings. The van der Waals surface area contributed by atoms with Gasteiger partial charge in [0, 0.05) is 12.3 Å². The third-order valence-corrected chi connectivity index (χ3v) is 2.75. The normalized spacial score (nSPS) is 31.8. The van der Waals surface area contributed by atoms with Crippen LogP contribution in [0.2, 0.25) is 0 Å². The molecule has 0 spiro atoms. The van der Waals surface area contributed by atoms with Gasteiger partial charge in [0.1, 0.15) is 18.3 Å². The van der Waals surface area contributed by atoms with Crippen molar-refractivity contribution < 1.29 is 24.5 Å². The maximum absolute atomic E-state index is 13.1. The number of hydrogen-bond acceptors (Lipinski definition) is 6. The molecule has 1 saturated heterocycles. The standard InChI is InChI=1S/C9H11FN2O6/c10-12-5(14)1-2-11(9(12)17)8-7(16)6(15)4(3-13)18-8/h1-2,4,6-8,13,15-16H,3H2/t4-,6-,7+,8?/m1/s1. The van der Waals surface area contributed by atoms with Gasteiger partial charge >= 0.3 is 5.69 Å². The highest BCUT2D eigenvalue weighted by Crippen LogP contribution is 2.27. The highest BCUT2D eigenvalue weighted by Gasteiger charge is 2.43. The Bertz CT molecular complexity index is 555. The van der Waals surface area contributed by atoms with Crippen molar-refractivity contribution in [3.05, 3.63) is 33.1 Å². The van der Waals surface area contributed by atoms with E-state index in [0.29, 0.717) is 4.57 Å². The Labute approximate surface area is 99.0 Å². The van der Waals surface area contributed by atoms with Crippen LogP contribution in [-0.2, 0) is 4.74 Å². The molecular formula is C9H11FN2O6. The van der Waals surface area contributed by atoms with Gasteiger partial charge in [0.25, 0.3) is 5.56 Å². The molecule has 1 aliphatic rings. The third-order valence-electron chi connectivity index (χ3n) is 2.75. The van der Waals surface area contributed by atoms with E-state index in [0.717, 1.165) is 12.3 Å². The molecule has 1 aromatic heterocycles. The number of rotatable bonds is 2. The molecule has 2 heterocycles. The Kier molecular flexibility index (Phi) is 3.30. The predicted octanol–water partition coefficient (Wildman–Crippen LogP) is -2.65. The summed E-state index contributed by atoms with van der Waals surface area (Å²) in [6.45, 7) is -0.571. The van der Waals surface area contributed by atoms with Crippen LogP contribution in [-0.4, -0.2) is 49.6 Å². The van der Waals surface area contributed by atoms with E-state index >= 15 is 0 Å². The molecule has 18 heavy (non-hydrogen) atoms. The van der Waals surface area contributed by atoms with E-state index in [1.54, 1.807) is 0 Å². The van der Waals surface area contributed by atoms with E-state index in [-0.39, 0.29) is 0 Å². The Morgan fingerprint density at radius 2 is 2.00 bits per heavy atom. The van der Waals surface area contributed by atoms with Crippen LogP contribution in [0, 0.1) is 0 Å². The second kappa shape index (κ2) is 4.61. The van der Waals surface area contributed by atoms with Crippen molar-refractivity contribution in [2.75, 3.05) is 6.61 Å². The lowest BCUT2D eigenvalue weighted by atomic mass is 10.1. The smallest absolute Gasteiger partial charge is 0.362 e. The molecule has 0 bridgehead atoms. The fourth-order valence-electron chi connectivity index (χ4n) is 1.77. The summed E-state index contributed by atoms with van der Waals surface area (Å²) >= 11 is 0. The molecule has 1 aliphatic heterocycles. The van der Waals surface area contributed by atoms with Crippen LogP contribution in [0.5, 0.6) is 0 Å². The number of halogens is 1. The molecular weight excluding hydrogens is 251 g/mol. The van der Waals surface area contributed by atoms with Gasteiger partial charge in [-0.1, -0.05) is 9.27 Å². The molecule has 4 atom stereocenters. The average molecular weight is 262 g/mol. The number of nitrogens with zero attached hydrogens (tertiary/aromatic N) is 2. The van der Waals surface area contributed by atoms with Crippen LogP contribution >= 0.6 is 0 Å². The van der Waals surface area contributed by atoms with Gasteiger partial charge in [0.05, 0.1) is 6.61 Å². The van der Waals surface area contributed by atoms with Crippen LogP contribution in [0.1, 0.15) is 6.23 Å². The minimum absolute atomic E-state index is 0.571. The zero-order chi connectivity index (χ0) is 13.4. The number of ether oxygens (including phenoxy) is 1. The largest absolute Gasteiger partial charge is 0.394 e. The predicted molar refractivity (Wildman–Crippen MR) is 54.5 cm³/mol. The highest BCUT2D eigenvalue weighted by molar-refractivity contribution is 4.93. The zero-order valence-electron chi connectivity index (χ0n) is 9.01. The minimum Gasteiger partial charge on any atom is -0.394 e. The Balaban J connectivity index is 2.42. The summed E-state index contributed by atoms with van der Waals surface area (Å²) in [5, 5.41) is 28.0. The maximum atomic E-state index is 13.1. The molecule has 1 fully saturated rings. The fourth-order valence-corrected chi connectivity index (χ4v) is 1.77. The Morgan fingerprint density at radius 3 is 2.56 bits per heavy atom. The molecule has 0 aliphatic carbocycles. The first-order valence-corrected chi connectivity index (χ1v) is 5.10. The van der Waals surface area contributed by atoms with Gasteiger partial charge in [-0.25, -0.2) is 4.79 Å². The topological polar surface area (TPSA) is 114 Å². The maximum Gasteiger partial charge on any atom is 0.362 e. The molecule has 0 radical (unpaired) electrons. The van der Waals surface area contributed by atoms with E-state index in [2.05, 4.69) is 0 Å². The highest BCUT2D eigenvalue weighted by atomic mass is 19.2. The van der Waals surface area contributed by atoms with E-state index in [4.69, 9.17) is 9.84 Å². The van der Waals surface area contributed by atoms with E-state index in [1.807, 2.05) is 0 Å². The lowest BCUT2D eigenvalue weighted by molar-refractivity contribution is -0.0565. The quantitative estimate of drug-likeness (QED) is 0.536. The molecule has 2 rings (SSSR count). The van der Waals surface area contributed by atoms with Crippen molar-refractivity contribution in [3.63, 3.8) is 0 Å². The van der Waals surface area contributed by atoms with Gasteiger partial charge in [-0.3, -0.25) is 9.36 Å². The Hall–Kier alpha value is -1.55. The van der Waals surface area contributed by atoms with Crippen LogP contribution in [0.25, 0.3) is 0 Å². The second-order valence-corrected chi connectivity index (χ2v) is 3.85. The first-order chi connectivity index (χ1) is 8.47. The van der Waals surface area contributed by atoms with E-state index < -0.39 is 47.2 Å². The second-order valence-electron chi connectivity index (χ2n) is 3.85. The van der Waals surface area contributed by atoms with Gasteiger partial charge in [-0.05, 0) is 0 Å². The van der Waals surface area contributed by atoms with Gasteiger partial charge < -0.3 is 20.1 Å². The summed E-state index contributed by atoms with van der Waals surface area (Å²) in [5.41, 5.74) is -2.49. The number of aromatic nitrogens is 2. The van der Waals surface area contributed by atoms with Crippen LogP contribution in [0.3, 0.4) is 0 Å². The van der Waals surface area contributed by atoms with Gasteiger partial charge in [-0.2, -0.15) is 0 Å². The van der Waals surface area contributed by atoms with Crippen LogP contribution in [0.15, 0.2) is 21.9 Å². The molecule has 9 heteroatoms. The lowest BCUT2D eigenvalue weighted by Crippen LogP contribution is -2.40. The molecule has 0 amide bonds. The van der Waals surface area contributed by atoms with Crippen molar-refractivity contribution in [3.8, 4) is 0 Å². The van der Waals surface area contributed by atoms with Gasteiger partial charge in [0.15, 0.2) is 6.23 Å². The summed E-state index contributed by atoms with van der Waals surface area (Å²) in [5.74, 6) is 0. The van der Waals surface area contributed by atoms with Crippen molar-refractivity contribution in [1.29, 1.82) is 0 Å². The molecule has 8 nitrogen and oxygen atoms in total. The molecule has 0 saturated carbocycles. The van der Waals surface area contributed by atoms with Crippen molar-refractivity contribution in [2.24, 2.45) is 0 Å². The van der Waals surface area contributed by atoms with Crippen molar-refractivity contribution in [2.45, 2.75) is 24.5 Å². The number of aliphatic hydroxyl groups excluding tert-OH is 3. The van der Waals surface area contributed by atoms with Crippen molar-refractivity contribution >= 4 is 0 Å². The molecule has 1 unspecified atom stereocenters. The van der Waals surface area contributed by atoms with Gasteiger partial charge in [0.2, 0.25) is 0 Å². The summed E-state index contributed by atoms with van der Waals surface area (Å²) < 4.78 is 18.7. The summed E-state index contributed by atoms with van der Waals surface area (Å²) in [6, 6.07) is 0.774. The number of hydrogen-bond donors (Lipinski definition) is 3. The fraction of sp³-hybridized carbons (Fsp3) is 0.556. The lowest BCUT2D eigenvalue weighted by Gasteiger charge is -2.16. The van der Waals surface area contributed by atoms with Gasteiger partial charge in [-0.15, -0.1) is 0 Å². The van der Waals surface area contributed by atoms with Crippen LogP contribution < -0.4 is 11.2 Å². The zero-order valence-corrected chi connectivity index (χ0v) is 9.01. The third kappa shape index (κ3) is 1.86. The molecule has 0 aromatic carbocycles. The van der Waals surface area contributed by atoms with Crippen molar-refractivity contribution in [1.82, 2.24) is 9.36 Å². The number of aliphatic hydroxyl groups is 3. The van der Waals surface area contributed by atoms with E-state index in [9.17, 15) is 24.3 Å². The molecule has 100 valence electrons.